The minimum Gasteiger partial charge on any atom is -0.497 e. The Morgan fingerprint density at radius 3 is 1.89 bits per heavy atom. The second-order valence-electron chi connectivity index (χ2n) is 15.0. The Balaban J connectivity index is 1.49. The molecule has 0 spiro atoms. The summed E-state index contributed by atoms with van der Waals surface area (Å²) < 4.78 is 17.6. The van der Waals surface area contributed by atoms with Crippen molar-refractivity contribution < 1.29 is 28.9 Å². The van der Waals surface area contributed by atoms with Crippen LogP contribution in [0.3, 0.4) is 0 Å². The Hall–Kier alpha value is -3.84. The third-order valence-electron chi connectivity index (χ3n) is 9.01. The van der Waals surface area contributed by atoms with Crippen LogP contribution in [-0.4, -0.2) is 47.7 Å². The SMILES string of the molecule is COc1ccc(C2(CCN(Cc3ccc(Oc4ccc(CC(C)(C)C(=O)O)cc4)cc3)C(=O)C(C)(C)C)CCOC(C)(C)C2)cc1. The first-order valence-corrected chi connectivity index (χ1v) is 16.2. The van der Waals surface area contributed by atoms with Gasteiger partial charge in [0, 0.05) is 30.5 Å². The van der Waals surface area contributed by atoms with E-state index in [4.69, 9.17) is 14.2 Å². The van der Waals surface area contributed by atoms with Gasteiger partial charge in [-0.3, -0.25) is 9.59 Å². The van der Waals surface area contributed by atoms with E-state index >= 15 is 0 Å². The van der Waals surface area contributed by atoms with Crippen LogP contribution in [0.5, 0.6) is 17.2 Å². The monoisotopic (exact) mass is 629 g/mol. The lowest BCUT2D eigenvalue weighted by molar-refractivity contribution is -0.146. The summed E-state index contributed by atoms with van der Waals surface area (Å²) in [5.41, 5.74) is 1.49. The smallest absolute Gasteiger partial charge is 0.309 e. The summed E-state index contributed by atoms with van der Waals surface area (Å²) in [6, 6.07) is 23.8. The average Bonchev–Trinajstić information content (AvgIpc) is 2.99. The second kappa shape index (κ2) is 13.9. The fourth-order valence-corrected chi connectivity index (χ4v) is 6.38. The van der Waals surface area contributed by atoms with E-state index in [0.717, 1.165) is 36.1 Å². The predicted octanol–water partition coefficient (Wildman–Crippen LogP) is 8.43. The van der Waals surface area contributed by atoms with Gasteiger partial charge < -0.3 is 24.2 Å². The highest BCUT2D eigenvalue weighted by Gasteiger charge is 2.43. The number of methoxy groups -OCH3 is 1. The van der Waals surface area contributed by atoms with Crippen LogP contribution >= 0.6 is 0 Å². The number of carboxylic acids is 1. The van der Waals surface area contributed by atoms with Gasteiger partial charge in [0.1, 0.15) is 17.2 Å². The van der Waals surface area contributed by atoms with E-state index in [2.05, 4.69) is 26.0 Å². The molecule has 0 aromatic heterocycles. The van der Waals surface area contributed by atoms with Gasteiger partial charge in [0.2, 0.25) is 5.91 Å². The molecule has 0 saturated carbocycles. The van der Waals surface area contributed by atoms with Crippen LogP contribution in [0.1, 0.15) is 84.4 Å². The molecule has 0 radical (unpaired) electrons. The topological polar surface area (TPSA) is 85.3 Å². The third-order valence-corrected chi connectivity index (χ3v) is 9.01. The Labute approximate surface area is 274 Å². The molecule has 0 aliphatic carbocycles. The van der Waals surface area contributed by atoms with E-state index in [1.807, 2.05) is 86.3 Å². The molecule has 1 saturated heterocycles. The molecule has 46 heavy (non-hydrogen) atoms. The van der Waals surface area contributed by atoms with E-state index in [9.17, 15) is 14.7 Å². The van der Waals surface area contributed by atoms with Crippen LogP contribution in [0.4, 0.5) is 0 Å². The molecule has 1 amide bonds. The van der Waals surface area contributed by atoms with E-state index in [1.54, 1.807) is 21.0 Å². The molecule has 1 aliphatic heterocycles. The van der Waals surface area contributed by atoms with Gasteiger partial charge in [0.25, 0.3) is 0 Å². The highest BCUT2D eigenvalue weighted by Crippen LogP contribution is 2.45. The number of aliphatic carboxylic acids is 1. The zero-order valence-corrected chi connectivity index (χ0v) is 28.8. The van der Waals surface area contributed by atoms with Crippen molar-refractivity contribution in [2.24, 2.45) is 10.8 Å². The minimum atomic E-state index is -0.835. The van der Waals surface area contributed by atoms with Gasteiger partial charge in [0.15, 0.2) is 0 Å². The Kier molecular flexibility index (Phi) is 10.6. The largest absolute Gasteiger partial charge is 0.497 e. The van der Waals surface area contributed by atoms with Crippen LogP contribution < -0.4 is 9.47 Å². The van der Waals surface area contributed by atoms with Crippen molar-refractivity contribution >= 4 is 11.9 Å². The van der Waals surface area contributed by atoms with Crippen molar-refractivity contribution in [3.8, 4) is 17.2 Å². The first kappa shape index (κ1) is 35.0. The molecule has 1 heterocycles. The Morgan fingerprint density at radius 2 is 1.39 bits per heavy atom. The normalized spacial score (nSPS) is 18.1. The molecule has 1 atom stereocenters. The summed E-state index contributed by atoms with van der Waals surface area (Å²) >= 11 is 0. The number of hydrogen-bond acceptors (Lipinski definition) is 5. The van der Waals surface area contributed by atoms with Gasteiger partial charge in [-0.2, -0.15) is 0 Å². The van der Waals surface area contributed by atoms with Crippen LogP contribution in [0.25, 0.3) is 0 Å². The zero-order chi connectivity index (χ0) is 33.8. The lowest BCUT2D eigenvalue weighted by Crippen LogP contribution is -2.47. The van der Waals surface area contributed by atoms with Crippen molar-refractivity contribution in [2.45, 2.75) is 91.7 Å². The molecule has 1 unspecified atom stereocenters. The molecule has 1 N–H and O–H groups in total. The van der Waals surface area contributed by atoms with Crippen LogP contribution in [-0.2, 0) is 32.7 Å². The van der Waals surface area contributed by atoms with Crippen LogP contribution in [0.15, 0.2) is 72.8 Å². The number of nitrogens with zero attached hydrogens (tertiary/aromatic N) is 1. The van der Waals surface area contributed by atoms with E-state index in [-0.39, 0.29) is 16.9 Å². The summed E-state index contributed by atoms with van der Waals surface area (Å²) in [4.78, 5) is 27.3. The van der Waals surface area contributed by atoms with E-state index < -0.39 is 16.8 Å². The standard InChI is InChI=1S/C39H51NO6/c1-36(2,3)34(41)40(23-21-39(22-24-45-38(6,7)27-39)30-13-19-31(44-8)20-14-30)26-29-11-17-33(18-12-29)46-32-15-9-28(10-16-32)25-37(4,5)35(42)43/h9-20H,21-27H2,1-8H3,(H,42,43). The number of hydrogen-bond donors (Lipinski definition) is 1. The lowest BCUT2D eigenvalue weighted by atomic mass is 9.67. The first-order valence-electron chi connectivity index (χ1n) is 16.2. The quantitative estimate of drug-likeness (QED) is 0.216. The van der Waals surface area contributed by atoms with Crippen molar-refractivity contribution in [2.75, 3.05) is 20.3 Å². The van der Waals surface area contributed by atoms with Crippen LogP contribution in [0, 0.1) is 10.8 Å². The van der Waals surface area contributed by atoms with Crippen molar-refractivity contribution in [1.82, 2.24) is 4.90 Å². The van der Waals surface area contributed by atoms with Gasteiger partial charge in [-0.25, -0.2) is 0 Å². The molecule has 1 aliphatic rings. The number of carbonyl (C=O) groups excluding carboxylic acids is 1. The van der Waals surface area contributed by atoms with Gasteiger partial charge in [-0.1, -0.05) is 57.2 Å². The summed E-state index contributed by atoms with van der Waals surface area (Å²) in [7, 11) is 1.68. The summed E-state index contributed by atoms with van der Waals surface area (Å²) in [6.45, 7) is 15.5. The highest BCUT2D eigenvalue weighted by atomic mass is 16.5. The lowest BCUT2D eigenvalue weighted by Gasteiger charge is -2.46. The fraction of sp³-hybridized carbons (Fsp3) is 0.487. The Bertz CT molecular complexity index is 1470. The number of amides is 1. The maximum Gasteiger partial charge on any atom is 0.309 e. The molecule has 3 aromatic rings. The molecule has 3 aromatic carbocycles. The van der Waals surface area contributed by atoms with Crippen LogP contribution in [0.2, 0.25) is 0 Å². The highest BCUT2D eigenvalue weighted by molar-refractivity contribution is 5.81. The molecule has 0 bridgehead atoms. The molecule has 7 nitrogen and oxygen atoms in total. The van der Waals surface area contributed by atoms with E-state index in [1.165, 1.54) is 5.56 Å². The molecule has 248 valence electrons. The first-order chi connectivity index (χ1) is 21.5. The van der Waals surface area contributed by atoms with Gasteiger partial charge in [0.05, 0.1) is 18.1 Å². The molecular formula is C39H51NO6. The molecule has 7 heteroatoms. The molecule has 4 rings (SSSR count). The average molecular weight is 630 g/mol. The van der Waals surface area contributed by atoms with Gasteiger partial charge >= 0.3 is 5.97 Å². The number of ether oxygens (including phenoxy) is 3. The Morgan fingerprint density at radius 1 is 0.848 bits per heavy atom. The maximum atomic E-state index is 13.8. The van der Waals surface area contributed by atoms with E-state index in [0.29, 0.717) is 37.6 Å². The fourth-order valence-electron chi connectivity index (χ4n) is 6.38. The third kappa shape index (κ3) is 8.91. The summed E-state index contributed by atoms with van der Waals surface area (Å²) in [5, 5.41) is 9.43. The number of carboxylic acid groups (broad SMARTS) is 1. The van der Waals surface area contributed by atoms with Crippen molar-refractivity contribution in [3.63, 3.8) is 0 Å². The predicted molar refractivity (Wildman–Crippen MR) is 182 cm³/mol. The second-order valence-corrected chi connectivity index (χ2v) is 15.0. The number of benzene rings is 3. The molecule has 1 fully saturated rings. The van der Waals surface area contributed by atoms with Gasteiger partial charge in [-0.05, 0) is 106 Å². The maximum absolute atomic E-state index is 13.8. The summed E-state index contributed by atoms with van der Waals surface area (Å²) in [6.07, 6.45) is 3.03. The number of carbonyl (C=O) groups is 2. The summed E-state index contributed by atoms with van der Waals surface area (Å²) in [5.74, 6) is 1.51. The number of rotatable bonds is 12. The van der Waals surface area contributed by atoms with Crippen molar-refractivity contribution in [3.05, 3.63) is 89.5 Å². The zero-order valence-electron chi connectivity index (χ0n) is 28.8. The molecular weight excluding hydrogens is 578 g/mol. The minimum absolute atomic E-state index is 0.121. The van der Waals surface area contributed by atoms with Gasteiger partial charge in [-0.15, -0.1) is 0 Å². The van der Waals surface area contributed by atoms with Crippen molar-refractivity contribution in [1.29, 1.82) is 0 Å².